The highest BCUT2D eigenvalue weighted by molar-refractivity contribution is 7.99. The van der Waals surface area contributed by atoms with E-state index < -0.39 is 5.97 Å². The number of benzene rings is 1. The first-order valence-corrected chi connectivity index (χ1v) is 12.7. The summed E-state index contributed by atoms with van der Waals surface area (Å²) in [6.07, 6.45) is 1.78. The third kappa shape index (κ3) is 5.87. The van der Waals surface area contributed by atoms with Crippen LogP contribution in [0.3, 0.4) is 0 Å². The molecule has 0 aliphatic heterocycles. The van der Waals surface area contributed by atoms with Crippen LogP contribution in [0.15, 0.2) is 48.1 Å². The fraction of sp³-hybridized carbons (Fsp3) is 0.333. The van der Waals surface area contributed by atoms with Crippen molar-refractivity contribution in [1.82, 2.24) is 14.8 Å². The van der Waals surface area contributed by atoms with Crippen LogP contribution in [0.1, 0.15) is 29.1 Å². The molecule has 0 saturated heterocycles. The maximum Gasteiger partial charge on any atom is 0.340 e. The summed E-state index contributed by atoms with van der Waals surface area (Å²) in [4.78, 5) is 27.7. The second kappa shape index (κ2) is 11.8. The minimum atomic E-state index is -0.477. The number of methoxy groups -OCH3 is 1. The van der Waals surface area contributed by atoms with Crippen molar-refractivity contribution in [3.63, 3.8) is 0 Å². The molecular formula is C24H29N5O3S2. The highest BCUT2D eigenvalue weighted by Gasteiger charge is 2.19. The summed E-state index contributed by atoms with van der Waals surface area (Å²) in [5.41, 5.74) is 2.46. The SMILES string of the molecule is C=CCn1c(SCC(=O)Nc2sc(C)cc2C(=O)OC)nnc1-c1ccc(N(CC)CC)cc1. The molecule has 1 aromatic carbocycles. The van der Waals surface area contributed by atoms with Gasteiger partial charge in [0.15, 0.2) is 11.0 Å². The number of esters is 1. The number of thiophene rings is 1. The molecule has 3 aromatic rings. The van der Waals surface area contributed by atoms with Crippen LogP contribution in [-0.4, -0.2) is 52.6 Å². The van der Waals surface area contributed by atoms with Gasteiger partial charge in [0.2, 0.25) is 5.91 Å². The highest BCUT2D eigenvalue weighted by atomic mass is 32.2. The van der Waals surface area contributed by atoms with Gasteiger partial charge in [-0.05, 0) is 51.1 Å². The molecule has 0 bridgehead atoms. The summed E-state index contributed by atoms with van der Waals surface area (Å²) in [6.45, 7) is 12.4. The van der Waals surface area contributed by atoms with E-state index in [0.29, 0.717) is 22.3 Å². The smallest absolute Gasteiger partial charge is 0.340 e. The molecule has 34 heavy (non-hydrogen) atoms. The van der Waals surface area contributed by atoms with Crippen LogP contribution in [-0.2, 0) is 16.1 Å². The van der Waals surface area contributed by atoms with E-state index >= 15 is 0 Å². The zero-order chi connectivity index (χ0) is 24.7. The number of hydrogen-bond acceptors (Lipinski definition) is 8. The number of nitrogens with zero attached hydrogens (tertiary/aromatic N) is 4. The first-order valence-electron chi connectivity index (χ1n) is 10.9. The van der Waals surface area contributed by atoms with Crippen LogP contribution in [0.5, 0.6) is 0 Å². The molecule has 2 aromatic heterocycles. The van der Waals surface area contributed by atoms with Gasteiger partial charge < -0.3 is 15.0 Å². The number of anilines is 2. The van der Waals surface area contributed by atoms with Crippen LogP contribution in [0, 0.1) is 6.92 Å². The third-order valence-electron chi connectivity index (χ3n) is 5.13. The third-order valence-corrected chi connectivity index (χ3v) is 7.06. The number of aromatic nitrogens is 3. The maximum atomic E-state index is 12.6. The summed E-state index contributed by atoms with van der Waals surface area (Å²) < 4.78 is 6.74. The Kier molecular flexibility index (Phi) is 8.89. The Morgan fingerprint density at radius 1 is 1.24 bits per heavy atom. The van der Waals surface area contributed by atoms with Crippen molar-refractivity contribution in [2.24, 2.45) is 0 Å². The van der Waals surface area contributed by atoms with Gasteiger partial charge in [0.25, 0.3) is 0 Å². The van der Waals surface area contributed by atoms with Crippen LogP contribution in [0.2, 0.25) is 0 Å². The van der Waals surface area contributed by atoms with Gasteiger partial charge in [-0.2, -0.15) is 0 Å². The van der Waals surface area contributed by atoms with Gasteiger partial charge >= 0.3 is 5.97 Å². The van der Waals surface area contributed by atoms with E-state index in [9.17, 15) is 9.59 Å². The van der Waals surface area contributed by atoms with Crippen LogP contribution >= 0.6 is 23.1 Å². The molecule has 0 aliphatic rings. The van der Waals surface area contributed by atoms with Gasteiger partial charge in [0, 0.05) is 35.8 Å². The quantitative estimate of drug-likeness (QED) is 0.229. The van der Waals surface area contributed by atoms with Crippen molar-refractivity contribution in [2.75, 3.05) is 36.2 Å². The van der Waals surface area contributed by atoms with E-state index in [0.717, 1.165) is 35.0 Å². The van der Waals surface area contributed by atoms with Crippen molar-refractivity contribution in [1.29, 1.82) is 0 Å². The number of aryl methyl sites for hydroxylation is 1. The first kappa shape index (κ1) is 25.5. The van der Waals surface area contributed by atoms with E-state index in [-0.39, 0.29) is 11.7 Å². The number of carbonyl (C=O) groups excluding carboxylic acids is 2. The summed E-state index contributed by atoms with van der Waals surface area (Å²) in [5, 5.41) is 12.6. The average Bonchev–Trinajstić information content (AvgIpc) is 3.41. The maximum absolute atomic E-state index is 12.6. The number of amides is 1. The van der Waals surface area contributed by atoms with Crippen molar-refractivity contribution >= 4 is 45.7 Å². The second-order valence-electron chi connectivity index (χ2n) is 7.35. The van der Waals surface area contributed by atoms with E-state index in [4.69, 9.17) is 4.74 Å². The van der Waals surface area contributed by atoms with Gasteiger partial charge in [-0.25, -0.2) is 4.79 Å². The minimum Gasteiger partial charge on any atom is -0.465 e. The van der Waals surface area contributed by atoms with Gasteiger partial charge in [0.05, 0.1) is 18.4 Å². The van der Waals surface area contributed by atoms with Crippen molar-refractivity contribution < 1.29 is 14.3 Å². The lowest BCUT2D eigenvalue weighted by Gasteiger charge is -2.21. The summed E-state index contributed by atoms with van der Waals surface area (Å²) in [6, 6.07) is 9.93. The molecule has 0 unspecified atom stereocenters. The predicted octanol–water partition coefficient (Wildman–Crippen LogP) is 4.86. The van der Waals surface area contributed by atoms with Crippen LogP contribution < -0.4 is 10.2 Å². The van der Waals surface area contributed by atoms with E-state index in [1.54, 1.807) is 12.1 Å². The number of nitrogens with one attached hydrogen (secondary N) is 1. The van der Waals surface area contributed by atoms with Gasteiger partial charge in [-0.3, -0.25) is 9.36 Å². The molecule has 2 heterocycles. The minimum absolute atomic E-state index is 0.119. The predicted molar refractivity (Wildman–Crippen MR) is 139 cm³/mol. The molecule has 8 nitrogen and oxygen atoms in total. The molecule has 1 amide bonds. The number of ether oxygens (including phenoxy) is 1. The summed E-state index contributed by atoms with van der Waals surface area (Å²) >= 11 is 2.62. The lowest BCUT2D eigenvalue weighted by molar-refractivity contribution is -0.113. The fourth-order valence-corrected chi connectivity index (χ4v) is 5.14. The fourth-order valence-electron chi connectivity index (χ4n) is 3.47. The molecule has 3 rings (SSSR count). The summed E-state index contributed by atoms with van der Waals surface area (Å²) in [7, 11) is 1.32. The van der Waals surface area contributed by atoms with Crippen molar-refractivity contribution in [3.8, 4) is 11.4 Å². The Bertz CT molecular complexity index is 1150. The van der Waals surface area contributed by atoms with E-state index in [1.165, 1.54) is 30.2 Å². The molecule has 0 spiro atoms. The molecule has 0 saturated carbocycles. The lowest BCUT2D eigenvalue weighted by Crippen LogP contribution is -2.21. The van der Waals surface area contributed by atoms with Gasteiger partial charge in [-0.1, -0.05) is 17.8 Å². The molecule has 0 radical (unpaired) electrons. The van der Waals surface area contributed by atoms with Crippen molar-refractivity contribution in [3.05, 3.63) is 53.4 Å². The second-order valence-corrected chi connectivity index (χ2v) is 9.55. The topological polar surface area (TPSA) is 89.3 Å². The number of thioether (sulfide) groups is 1. The zero-order valence-corrected chi connectivity index (χ0v) is 21.5. The zero-order valence-electron chi connectivity index (χ0n) is 19.8. The standard InChI is InChI=1S/C24H29N5O3S2/c1-6-13-29-21(17-9-11-18(12-10-17)28(7-2)8-3)26-27-24(29)33-15-20(30)25-22-19(23(31)32-5)14-16(4)34-22/h6,9-12,14H,1,7-8,13,15H2,2-5H3,(H,25,30). The number of carbonyl (C=O) groups is 2. The first-order chi connectivity index (χ1) is 16.4. The number of allylic oxidation sites excluding steroid dienone is 1. The lowest BCUT2D eigenvalue weighted by atomic mass is 10.2. The number of rotatable bonds is 11. The van der Waals surface area contributed by atoms with E-state index in [2.05, 4.69) is 53.0 Å². The largest absolute Gasteiger partial charge is 0.465 e. The van der Waals surface area contributed by atoms with Crippen LogP contribution in [0.25, 0.3) is 11.4 Å². The van der Waals surface area contributed by atoms with Gasteiger partial charge in [-0.15, -0.1) is 28.1 Å². The molecular weight excluding hydrogens is 470 g/mol. The Morgan fingerprint density at radius 2 is 1.94 bits per heavy atom. The Hall–Kier alpha value is -3.11. The highest BCUT2D eigenvalue weighted by Crippen LogP contribution is 2.29. The molecule has 10 heteroatoms. The summed E-state index contributed by atoms with van der Waals surface area (Å²) in [5.74, 6) is 0.119. The van der Waals surface area contributed by atoms with Gasteiger partial charge in [0.1, 0.15) is 5.00 Å². The Morgan fingerprint density at radius 3 is 2.56 bits per heavy atom. The van der Waals surface area contributed by atoms with Crippen molar-refractivity contribution in [2.45, 2.75) is 32.5 Å². The monoisotopic (exact) mass is 499 g/mol. The Labute approximate surface area is 208 Å². The molecule has 0 fully saturated rings. The van der Waals surface area contributed by atoms with E-state index in [1.807, 2.05) is 23.6 Å². The Balaban J connectivity index is 1.73. The molecule has 0 atom stereocenters. The van der Waals surface area contributed by atoms with Crippen LogP contribution in [0.4, 0.5) is 10.7 Å². The molecule has 1 N–H and O–H groups in total. The normalized spacial score (nSPS) is 10.7. The molecule has 0 aliphatic carbocycles. The molecule has 180 valence electrons. The average molecular weight is 500 g/mol. The number of hydrogen-bond donors (Lipinski definition) is 1.